The third-order valence-electron chi connectivity index (χ3n) is 3.63. The van der Waals surface area contributed by atoms with Gasteiger partial charge < -0.3 is 4.98 Å². The zero-order valence-electron chi connectivity index (χ0n) is 13.2. The van der Waals surface area contributed by atoms with E-state index in [9.17, 15) is 13.2 Å². The van der Waals surface area contributed by atoms with E-state index in [4.69, 9.17) is 11.6 Å². The molecule has 0 aliphatic heterocycles. The second kappa shape index (κ2) is 6.84. The van der Waals surface area contributed by atoms with Crippen molar-refractivity contribution < 1.29 is 13.2 Å². The van der Waals surface area contributed by atoms with Gasteiger partial charge in [0.2, 0.25) is 5.82 Å². The summed E-state index contributed by atoms with van der Waals surface area (Å²) >= 11 is 8.97. The first kappa shape index (κ1) is 18.6. The Balaban J connectivity index is 0.000000948. The molecule has 132 valence electrons. The maximum atomic E-state index is 12.8. The number of benzene rings is 1. The van der Waals surface area contributed by atoms with Gasteiger partial charge in [-0.25, -0.2) is 27.4 Å². The first-order valence-corrected chi connectivity index (χ1v) is 8.07. The van der Waals surface area contributed by atoms with Crippen LogP contribution in [0.4, 0.5) is 13.2 Å². The minimum Gasteiger partial charge on any atom is -0.334 e. The van der Waals surface area contributed by atoms with Crippen LogP contribution in [0.2, 0.25) is 5.15 Å². The quantitative estimate of drug-likeness (QED) is 0.287. The fraction of sp³-hybridized carbons (Fsp3) is 0.133. The molecule has 5 nitrogen and oxygen atoms in total. The number of H-pyrrole nitrogens is 1. The number of nitrogens with one attached hydrogen (secondary N) is 1. The highest BCUT2D eigenvalue weighted by Gasteiger charge is 2.34. The summed E-state index contributed by atoms with van der Waals surface area (Å²) < 4.78 is 40.1. The molecule has 2 radical (unpaired) electrons. The minimum absolute atomic E-state index is 0.235. The number of rotatable bonds is 1. The van der Waals surface area contributed by atoms with E-state index in [1.54, 1.807) is 35.8 Å². The Bertz CT molecular complexity index is 1090. The predicted molar refractivity (Wildman–Crippen MR) is 98.0 cm³/mol. The maximum absolute atomic E-state index is 12.8. The number of aromatic nitrogens is 5. The van der Waals surface area contributed by atoms with Crippen LogP contribution in [-0.2, 0) is 6.18 Å². The normalized spacial score (nSPS) is 11.6. The molecule has 3 heterocycles. The molecular formula is C15H10BClF3N5S. The van der Waals surface area contributed by atoms with Crippen molar-refractivity contribution in [3.05, 3.63) is 47.1 Å². The summed E-state index contributed by atoms with van der Waals surface area (Å²) in [5.41, 5.74) is 2.32. The third-order valence-corrected chi connectivity index (χ3v) is 3.84. The highest BCUT2D eigenvalue weighted by Crippen LogP contribution is 2.30. The van der Waals surface area contributed by atoms with Gasteiger partial charge in [-0.3, -0.25) is 4.57 Å². The number of aromatic amines is 1. The number of alkyl halides is 3. The molecule has 3 aromatic heterocycles. The third kappa shape index (κ3) is 3.26. The average molecular weight is 396 g/mol. The van der Waals surface area contributed by atoms with Crippen LogP contribution in [0.15, 0.2) is 30.3 Å². The van der Waals surface area contributed by atoms with Crippen LogP contribution in [0.5, 0.6) is 0 Å². The number of aryl methyl sites for hydroxylation is 1. The Morgan fingerprint density at radius 2 is 1.77 bits per heavy atom. The molecule has 0 aliphatic rings. The minimum atomic E-state index is -4.52. The summed E-state index contributed by atoms with van der Waals surface area (Å²) in [7, 11) is 4.19. The highest BCUT2D eigenvalue weighted by atomic mass is 35.5. The van der Waals surface area contributed by atoms with E-state index in [1.165, 1.54) is 6.07 Å². The van der Waals surface area contributed by atoms with Crippen LogP contribution in [0.25, 0.3) is 27.9 Å². The van der Waals surface area contributed by atoms with Gasteiger partial charge >= 0.3 is 6.18 Å². The molecular weight excluding hydrogens is 386 g/mol. The van der Waals surface area contributed by atoms with Crippen molar-refractivity contribution in [2.24, 2.45) is 0 Å². The zero-order chi connectivity index (χ0) is 19.1. The zero-order valence-corrected chi connectivity index (χ0v) is 14.9. The summed E-state index contributed by atoms with van der Waals surface area (Å²) in [5.74, 6) is -0.377. The number of nitrogens with zero attached hydrogens (tertiary/aromatic N) is 4. The second-order valence-electron chi connectivity index (χ2n) is 5.26. The molecule has 26 heavy (non-hydrogen) atoms. The molecule has 0 atom stereocenters. The molecule has 0 amide bonds. The van der Waals surface area contributed by atoms with Crippen molar-refractivity contribution in [3.8, 4) is 5.69 Å². The maximum Gasteiger partial charge on any atom is 0.449 e. The highest BCUT2D eigenvalue weighted by molar-refractivity contribution is 8.03. The fourth-order valence-electron chi connectivity index (χ4n) is 2.63. The molecule has 0 saturated carbocycles. The van der Waals surface area contributed by atoms with Crippen LogP contribution in [0.3, 0.4) is 0 Å². The van der Waals surface area contributed by atoms with E-state index in [2.05, 4.69) is 39.5 Å². The summed E-state index contributed by atoms with van der Waals surface area (Å²) in [6.07, 6.45) is -4.52. The van der Waals surface area contributed by atoms with Gasteiger partial charge in [-0.05, 0) is 37.3 Å². The molecule has 0 saturated heterocycles. The van der Waals surface area contributed by atoms with E-state index in [0.29, 0.717) is 27.8 Å². The Hall–Kier alpha value is -2.20. The van der Waals surface area contributed by atoms with Crippen molar-refractivity contribution in [3.63, 3.8) is 0 Å². The lowest BCUT2D eigenvalue weighted by molar-refractivity contribution is -0.144. The summed E-state index contributed by atoms with van der Waals surface area (Å²) in [4.78, 5) is 14.5. The Morgan fingerprint density at radius 3 is 2.46 bits per heavy atom. The van der Waals surface area contributed by atoms with Gasteiger partial charge in [-0.1, -0.05) is 11.6 Å². The Morgan fingerprint density at radius 1 is 1.08 bits per heavy atom. The number of fused-ring (bicyclic) bond motifs is 2. The molecule has 0 aliphatic carbocycles. The lowest BCUT2D eigenvalue weighted by atomic mass is 10.2. The lowest BCUT2D eigenvalue weighted by Gasteiger charge is -2.06. The smallest absolute Gasteiger partial charge is 0.334 e. The summed E-state index contributed by atoms with van der Waals surface area (Å²) in [6.45, 7) is 1.79. The van der Waals surface area contributed by atoms with Crippen molar-refractivity contribution in [1.29, 1.82) is 0 Å². The second-order valence-corrected chi connectivity index (χ2v) is 5.64. The fourth-order valence-corrected chi connectivity index (χ4v) is 2.77. The van der Waals surface area contributed by atoms with Crippen LogP contribution in [0, 0.1) is 6.92 Å². The number of pyridine rings is 1. The van der Waals surface area contributed by atoms with Gasteiger partial charge in [-0.15, -0.1) is 0 Å². The molecule has 4 aromatic rings. The number of hydrogen-bond donors (Lipinski definition) is 2. The monoisotopic (exact) mass is 395 g/mol. The molecule has 4 rings (SSSR count). The van der Waals surface area contributed by atoms with Gasteiger partial charge in [0.25, 0.3) is 0 Å². The number of hydrogen-bond acceptors (Lipinski definition) is 4. The van der Waals surface area contributed by atoms with Crippen molar-refractivity contribution >= 4 is 53.4 Å². The van der Waals surface area contributed by atoms with E-state index < -0.39 is 12.0 Å². The summed E-state index contributed by atoms with van der Waals surface area (Å²) in [5, 5.41) is 0.311. The molecule has 0 unspecified atom stereocenters. The van der Waals surface area contributed by atoms with E-state index >= 15 is 0 Å². The van der Waals surface area contributed by atoms with Crippen molar-refractivity contribution in [2.45, 2.75) is 13.1 Å². The lowest BCUT2D eigenvalue weighted by Crippen LogP contribution is -2.06. The van der Waals surface area contributed by atoms with Gasteiger partial charge in [0.1, 0.15) is 16.5 Å². The van der Waals surface area contributed by atoms with Gasteiger partial charge in [0, 0.05) is 0 Å². The van der Waals surface area contributed by atoms with Gasteiger partial charge in [0.15, 0.2) is 12.8 Å². The number of imidazole rings is 2. The van der Waals surface area contributed by atoms with Crippen LogP contribution >= 0.6 is 24.1 Å². The first-order chi connectivity index (χ1) is 12.3. The predicted octanol–water partition coefficient (Wildman–Crippen LogP) is 4.28. The molecule has 0 fully saturated rings. The van der Waals surface area contributed by atoms with Crippen LogP contribution in [0.1, 0.15) is 11.6 Å². The molecule has 0 bridgehead atoms. The van der Waals surface area contributed by atoms with Crippen molar-refractivity contribution in [2.75, 3.05) is 0 Å². The van der Waals surface area contributed by atoms with E-state index in [-0.39, 0.29) is 11.0 Å². The van der Waals surface area contributed by atoms with E-state index in [1.807, 2.05) is 0 Å². The number of halogens is 4. The molecule has 11 heteroatoms. The standard InChI is InChI=1S/C15H9ClF3N5.BHS/c1-7-20-10-4-5-12(16)23-13(10)24(7)8-2-3-9-11(6-8)22-14(21-9)15(17,18)19;1-2/h2-6H,1H3,(H,21,22);2H. The topological polar surface area (TPSA) is 59.4 Å². The molecule has 0 spiro atoms. The van der Waals surface area contributed by atoms with E-state index in [0.717, 1.165) is 0 Å². The average Bonchev–Trinajstić information content (AvgIpc) is 3.16. The van der Waals surface area contributed by atoms with Gasteiger partial charge in [0.05, 0.1) is 16.7 Å². The summed E-state index contributed by atoms with van der Waals surface area (Å²) in [6, 6.07) is 8.14. The Labute approximate surface area is 157 Å². The molecule has 1 aromatic carbocycles. The van der Waals surface area contributed by atoms with Crippen LogP contribution in [-0.4, -0.2) is 31.6 Å². The number of thiol groups is 1. The Kier molecular flexibility index (Phi) is 4.89. The van der Waals surface area contributed by atoms with Gasteiger partial charge in [-0.2, -0.15) is 13.2 Å². The SMILES string of the molecule is Cc1nc2ccc(Cl)nc2n1-c1ccc2nc(C(F)(F)F)[nH]c2c1.[B]S. The van der Waals surface area contributed by atoms with Crippen molar-refractivity contribution in [1.82, 2.24) is 24.5 Å². The van der Waals surface area contributed by atoms with Crippen LogP contribution < -0.4 is 0 Å². The first-order valence-electron chi connectivity index (χ1n) is 7.18. The molecule has 1 N–H and O–H groups in total. The largest absolute Gasteiger partial charge is 0.449 e.